The van der Waals surface area contributed by atoms with Crippen LogP contribution in [0.25, 0.3) is 10.2 Å². The molecule has 0 saturated heterocycles. The van der Waals surface area contributed by atoms with Gasteiger partial charge in [0.2, 0.25) is 0 Å². The Morgan fingerprint density at radius 3 is 2.57 bits per heavy atom. The number of rotatable bonds is 5. The highest BCUT2D eigenvalue weighted by molar-refractivity contribution is 9.10. The molecule has 28 heavy (non-hydrogen) atoms. The fraction of sp³-hybridized carbons (Fsp3) is 0.263. The summed E-state index contributed by atoms with van der Waals surface area (Å²) in [6.07, 6.45) is -4.51. The van der Waals surface area contributed by atoms with Crippen molar-refractivity contribution >= 4 is 48.5 Å². The molecule has 4 nitrogen and oxygen atoms in total. The Morgan fingerprint density at radius 2 is 1.89 bits per heavy atom. The van der Waals surface area contributed by atoms with Crippen molar-refractivity contribution in [3.05, 3.63) is 58.1 Å². The number of alkyl halides is 3. The van der Waals surface area contributed by atoms with Gasteiger partial charge in [0.15, 0.2) is 5.13 Å². The van der Waals surface area contributed by atoms with Gasteiger partial charge in [0.25, 0.3) is 5.91 Å². The lowest BCUT2D eigenvalue weighted by atomic mass is 10.1. The molecule has 0 bridgehead atoms. The Kier molecular flexibility index (Phi) is 6.07. The summed E-state index contributed by atoms with van der Waals surface area (Å²) < 4.78 is 40.9. The largest absolute Gasteiger partial charge is 0.416 e. The molecule has 148 valence electrons. The van der Waals surface area contributed by atoms with E-state index in [1.54, 1.807) is 0 Å². The third-order valence-electron chi connectivity index (χ3n) is 4.02. The van der Waals surface area contributed by atoms with Crippen molar-refractivity contribution in [3.8, 4) is 0 Å². The number of aromatic nitrogens is 1. The Morgan fingerprint density at radius 1 is 1.14 bits per heavy atom. The highest BCUT2D eigenvalue weighted by atomic mass is 79.9. The Balaban J connectivity index is 2.00. The number of amides is 1. The molecule has 3 rings (SSSR count). The number of likely N-dealkylation sites (N-methyl/N-ethyl adjacent to an activating group) is 1. The van der Waals surface area contributed by atoms with Gasteiger partial charge in [0, 0.05) is 23.1 Å². The van der Waals surface area contributed by atoms with E-state index in [-0.39, 0.29) is 5.56 Å². The second-order valence-electron chi connectivity index (χ2n) is 6.45. The highest BCUT2D eigenvalue weighted by Crippen LogP contribution is 2.33. The van der Waals surface area contributed by atoms with Crippen molar-refractivity contribution in [2.45, 2.75) is 6.18 Å². The molecule has 0 atom stereocenters. The van der Waals surface area contributed by atoms with Crippen LogP contribution in [0.1, 0.15) is 15.9 Å². The minimum atomic E-state index is -4.51. The van der Waals surface area contributed by atoms with Crippen molar-refractivity contribution in [1.29, 1.82) is 0 Å². The van der Waals surface area contributed by atoms with Crippen LogP contribution in [0.4, 0.5) is 18.3 Å². The number of hydrogen-bond acceptors (Lipinski definition) is 4. The molecule has 0 fully saturated rings. The van der Waals surface area contributed by atoms with E-state index in [2.05, 4.69) is 20.9 Å². The lowest BCUT2D eigenvalue weighted by Gasteiger charge is -2.22. The van der Waals surface area contributed by atoms with E-state index < -0.39 is 17.6 Å². The summed E-state index contributed by atoms with van der Waals surface area (Å²) in [4.78, 5) is 20.9. The molecule has 0 N–H and O–H groups in total. The minimum Gasteiger partial charge on any atom is -0.308 e. The topological polar surface area (TPSA) is 36.4 Å². The van der Waals surface area contributed by atoms with Crippen LogP contribution in [-0.2, 0) is 6.18 Å². The number of carbonyl (C=O) groups is 1. The number of thiazole rings is 1. The van der Waals surface area contributed by atoms with Gasteiger partial charge in [-0.3, -0.25) is 9.69 Å². The maximum atomic E-state index is 13.1. The van der Waals surface area contributed by atoms with E-state index in [4.69, 9.17) is 0 Å². The first-order valence-electron chi connectivity index (χ1n) is 8.35. The molecule has 0 aliphatic rings. The summed E-state index contributed by atoms with van der Waals surface area (Å²) in [6, 6.07) is 10.1. The third-order valence-corrected chi connectivity index (χ3v) is 5.56. The third kappa shape index (κ3) is 4.71. The first-order chi connectivity index (χ1) is 13.1. The fourth-order valence-electron chi connectivity index (χ4n) is 2.57. The summed E-state index contributed by atoms with van der Waals surface area (Å²) >= 11 is 4.73. The predicted octanol–water partition coefficient (Wildman–Crippen LogP) is 5.29. The van der Waals surface area contributed by atoms with Crippen molar-refractivity contribution in [2.75, 3.05) is 32.1 Å². The van der Waals surface area contributed by atoms with Crippen LogP contribution in [0.15, 0.2) is 46.9 Å². The smallest absolute Gasteiger partial charge is 0.308 e. The summed E-state index contributed by atoms with van der Waals surface area (Å²) in [5.74, 6) is -0.508. The summed E-state index contributed by atoms with van der Waals surface area (Å²) in [6.45, 7) is 0.855. The van der Waals surface area contributed by atoms with Crippen LogP contribution in [0.3, 0.4) is 0 Å². The minimum absolute atomic E-state index is 0.0194. The molecular formula is C19H17BrF3N3OS. The fourth-order valence-corrected chi connectivity index (χ4v) is 4.11. The van der Waals surface area contributed by atoms with Gasteiger partial charge in [-0.15, -0.1) is 0 Å². The van der Waals surface area contributed by atoms with Gasteiger partial charge in [-0.2, -0.15) is 13.2 Å². The molecule has 0 aliphatic carbocycles. The lowest BCUT2D eigenvalue weighted by molar-refractivity contribution is -0.137. The first-order valence-corrected chi connectivity index (χ1v) is 9.96. The molecule has 1 heterocycles. The molecule has 0 unspecified atom stereocenters. The number of hydrogen-bond donors (Lipinski definition) is 0. The van der Waals surface area contributed by atoms with Gasteiger partial charge in [0.05, 0.1) is 15.8 Å². The zero-order chi connectivity index (χ0) is 20.5. The number of carbonyl (C=O) groups excluding carboxylic acids is 1. The van der Waals surface area contributed by atoms with E-state index in [0.717, 1.165) is 26.8 Å². The molecule has 9 heteroatoms. The maximum absolute atomic E-state index is 13.1. The average molecular weight is 472 g/mol. The molecule has 0 saturated carbocycles. The zero-order valence-electron chi connectivity index (χ0n) is 15.1. The van der Waals surface area contributed by atoms with Crippen LogP contribution in [0, 0.1) is 0 Å². The van der Waals surface area contributed by atoms with E-state index in [9.17, 15) is 18.0 Å². The van der Waals surface area contributed by atoms with Gasteiger partial charge >= 0.3 is 6.18 Å². The van der Waals surface area contributed by atoms with Crippen LogP contribution in [0.2, 0.25) is 0 Å². The van der Waals surface area contributed by atoms with Crippen molar-refractivity contribution in [2.24, 2.45) is 0 Å². The highest BCUT2D eigenvalue weighted by Gasteiger charge is 2.31. The first kappa shape index (κ1) is 20.8. The molecule has 3 aromatic rings. The monoisotopic (exact) mass is 471 g/mol. The van der Waals surface area contributed by atoms with E-state index in [1.807, 2.05) is 37.2 Å². The standard InChI is InChI=1S/C19H17BrF3N3OS/c1-25(2)8-9-26(18-24-15-7-6-14(20)11-16(15)28-18)17(27)12-4-3-5-13(10-12)19(21,22)23/h3-7,10-11H,8-9H2,1-2H3. The van der Waals surface area contributed by atoms with Gasteiger partial charge in [-0.25, -0.2) is 4.98 Å². The number of anilines is 1. The van der Waals surface area contributed by atoms with Gasteiger partial charge in [0.1, 0.15) is 0 Å². The number of nitrogens with zero attached hydrogens (tertiary/aromatic N) is 3. The Labute approximate surface area is 172 Å². The average Bonchev–Trinajstić information content (AvgIpc) is 3.03. The zero-order valence-corrected chi connectivity index (χ0v) is 17.5. The second-order valence-corrected chi connectivity index (χ2v) is 8.37. The molecule has 0 spiro atoms. The van der Waals surface area contributed by atoms with Gasteiger partial charge in [-0.05, 0) is 50.5 Å². The van der Waals surface area contributed by atoms with Crippen molar-refractivity contribution in [1.82, 2.24) is 9.88 Å². The number of halogens is 4. The normalized spacial score (nSPS) is 12.0. The van der Waals surface area contributed by atoms with Crippen LogP contribution >= 0.6 is 27.3 Å². The van der Waals surface area contributed by atoms with Crippen molar-refractivity contribution < 1.29 is 18.0 Å². The summed E-state index contributed by atoms with van der Waals surface area (Å²) in [7, 11) is 3.73. The molecule has 0 aliphatic heterocycles. The Hall–Kier alpha value is -1.97. The van der Waals surface area contributed by atoms with Crippen LogP contribution in [-0.4, -0.2) is 43.0 Å². The van der Waals surface area contributed by atoms with Crippen LogP contribution in [0.5, 0.6) is 0 Å². The Bertz CT molecular complexity index is 1000. The SMILES string of the molecule is CN(C)CCN(C(=O)c1cccc(C(F)(F)F)c1)c1nc2ccc(Br)cc2s1. The van der Waals surface area contributed by atoms with Gasteiger partial charge < -0.3 is 4.90 Å². The van der Waals surface area contributed by atoms with Gasteiger partial charge in [-0.1, -0.05) is 33.3 Å². The predicted molar refractivity (Wildman–Crippen MR) is 109 cm³/mol. The van der Waals surface area contributed by atoms with Crippen LogP contribution < -0.4 is 4.90 Å². The molecule has 1 amide bonds. The molecule has 1 aromatic heterocycles. The molecular weight excluding hydrogens is 455 g/mol. The maximum Gasteiger partial charge on any atom is 0.416 e. The van der Waals surface area contributed by atoms with E-state index >= 15 is 0 Å². The van der Waals surface area contributed by atoms with Crippen molar-refractivity contribution in [3.63, 3.8) is 0 Å². The summed E-state index contributed by atoms with van der Waals surface area (Å²) in [5, 5.41) is 0.456. The number of fused-ring (bicyclic) bond motifs is 1. The molecule has 2 aromatic carbocycles. The number of benzene rings is 2. The quantitative estimate of drug-likeness (QED) is 0.507. The molecule has 0 radical (unpaired) electrons. The summed E-state index contributed by atoms with van der Waals surface area (Å²) in [5.41, 5.74) is -0.136. The van der Waals surface area contributed by atoms with E-state index in [0.29, 0.717) is 18.2 Å². The second kappa shape index (κ2) is 8.18. The lowest BCUT2D eigenvalue weighted by Crippen LogP contribution is -2.36. The van der Waals surface area contributed by atoms with E-state index in [1.165, 1.54) is 28.4 Å².